The minimum atomic E-state index is 0.00569. The molecule has 6 heteroatoms. The first-order chi connectivity index (χ1) is 11.1. The number of nitrogens with zero attached hydrogens (tertiary/aromatic N) is 2. The maximum absolute atomic E-state index is 12.5. The van der Waals surface area contributed by atoms with Gasteiger partial charge in [0.15, 0.2) is 0 Å². The van der Waals surface area contributed by atoms with Crippen LogP contribution in [0.1, 0.15) is 29.6 Å². The minimum absolute atomic E-state index is 0.00569. The Kier molecular flexibility index (Phi) is 6.86. The molecule has 1 aliphatic heterocycles. The van der Waals surface area contributed by atoms with Crippen molar-refractivity contribution in [2.75, 3.05) is 39.8 Å². The van der Waals surface area contributed by atoms with Crippen LogP contribution in [0.4, 0.5) is 0 Å². The smallest absolute Gasteiger partial charge is 0.253 e. The van der Waals surface area contributed by atoms with Crippen molar-refractivity contribution in [3.63, 3.8) is 0 Å². The average Bonchev–Trinajstić information content (AvgIpc) is 2.81. The van der Waals surface area contributed by atoms with Gasteiger partial charge in [0.05, 0.1) is 0 Å². The fraction of sp³-hybridized carbons (Fsp3) is 0.529. The molecule has 0 atom stereocenters. The number of hydrogen-bond acceptors (Lipinski definition) is 3. The molecule has 1 heterocycles. The molecule has 1 fully saturated rings. The number of carbonyl (C=O) groups is 2. The molecule has 0 bridgehead atoms. The van der Waals surface area contributed by atoms with Gasteiger partial charge in [-0.1, -0.05) is 11.6 Å². The van der Waals surface area contributed by atoms with E-state index >= 15 is 0 Å². The van der Waals surface area contributed by atoms with E-state index in [0.717, 1.165) is 25.9 Å². The number of amides is 2. The van der Waals surface area contributed by atoms with Crippen molar-refractivity contribution in [2.24, 2.45) is 0 Å². The summed E-state index contributed by atoms with van der Waals surface area (Å²) in [5.74, 6) is 0.187. The van der Waals surface area contributed by atoms with Crippen molar-refractivity contribution in [2.45, 2.75) is 19.3 Å². The molecule has 0 saturated carbocycles. The largest absolute Gasteiger partial charge is 0.341 e. The minimum Gasteiger partial charge on any atom is -0.341 e. The monoisotopic (exact) mass is 337 g/mol. The van der Waals surface area contributed by atoms with E-state index in [9.17, 15) is 9.59 Å². The van der Waals surface area contributed by atoms with Crippen LogP contribution in [0.15, 0.2) is 24.3 Å². The lowest BCUT2D eigenvalue weighted by molar-refractivity contribution is -0.131. The predicted octanol–water partition coefficient (Wildman–Crippen LogP) is 2.01. The highest BCUT2D eigenvalue weighted by atomic mass is 35.5. The standard InChI is InChI=1S/C17H24ClN3O2/c1-19-9-2-4-16(22)20-10-3-11-21(13-12-20)17(23)14-5-7-15(18)8-6-14/h5-8,19H,2-4,9-13H2,1H3. The van der Waals surface area contributed by atoms with Gasteiger partial charge < -0.3 is 15.1 Å². The van der Waals surface area contributed by atoms with E-state index in [0.29, 0.717) is 36.6 Å². The topological polar surface area (TPSA) is 52.7 Å². The first-order valence-corrected chi connectivity index (χ1v) is 8.47. The number of halogens is 1. The summed E-state index contributed by atoms with van der Waals surface area (Å²) in [5, 5.41) is 3.67. The van der Waals surface area contributed by atoms with Gasteiger partial charge in [0.1, 0.15) is 0 Å². The van der Waals surface area contributed by atoms with Crippen LogP contribution < -0.4 is 5.32 Å². The molecule has 1 N–H and O–H groups in total. The van der Waals surface area contributed by atoms with Gasteiger partial charge in [-0.3, -0.25) is 9.59 Å². The number of hydrogen-bond donors (Lipinski definition) is 1. The third kappa shape index (κ3) is 5.22. The molecule has 0 radical (unpaired) electrons. The van der Waals surface area contributed by atoms with Crippen LogP contribution in [-0.4, -0.2) is 61.4 Å². The Morgan fingerprint density at radius 2 is 1.74 bits per heavy atom. The van der Waals surface area contributed by atoms with Gasteiger partial charge in [-0.25, -0.2) is 0 Å². The second kappa shape index (κ2) is 8.89. The fourth-order valence-electron chi connectivity index (χ4n) is 2.72. The normalized spacial score (nSPS) is 15.4. The van der Waals surface area contributed by atoms with E-state index in [2.05, 4.69) is 5.32 Å². The molecule has 0 spiro atoms. The zero-order chi connectivity index (χ0) is 16.7. The lowest BCUT2D eigenvalue weighted by Crippen LogP contribution is -2.37. The van der Waals surface area contributed by atoms with Crippen LogP contribution in [0.3, 0.4) is 0 Å². The molecule has 1 aliphatic rings. The molecule has 126 valence electrons. The second-order valence-corrected chi connectivity index (χ2v) is 6.18. The van der Waals surface area contributed by atoms with Crippen LogP contribution in [0, 0.1) is 0 Å². The van der Waals surface area contributed by atoms with Crippen molar-refractivity contribution in [3.05, 3.63) is 34.9 Å². The summed E-state index contributed by atoms with van der Waals surface area (Å²) in [7, 11) is 1.89. The predicted molar refractivity (Wildman–Crippen MR) is 91.7 cm³/mol. The van der Waals surface area contributed by atoms with Gasteiger partial charge in [0, 0.05) is 43.2 Å². The Balaban J connectivity index is 1.89. The SMILES string of the molecule is CNCCCC(=O)N1CCCN(C(=O)c2ccc(Cl)cc2)CC1. The van der Waals surface area contributed by atoms with E-state index in [1.54, 1.807) is 24.3 Å². The van der Waals surface area contributed by atoms with E-state index < -0.39 is 0 Å². The highest BCUT2D eigenvalue weighted by Gasteiger charge is 2.22. The molecule has 0 unspecified atom stereocenters. The molecule has 0 aromatic heterocycles. The van der Waals surface area contributed by atoms with E-state index in [-0.39, 0.29) is 11.8 Å². The summed E-state index contributed by atoms with van der Waals surface area (Å²) >= 11 is 5.86. The summed E-state index contributed by atoms with van der Waals surface area (Å²) in [6.07, 6.45) is 2.22. The van der Waals surface area contributed by atoms with Crippen molar-refractivity contribution in [3.8, 4) is 0 Å². The van der Waals surface area contributed by atoms with Crippen LogP contribution in [0.2, 0.25) is 5.02 Å². The van der Waals surface area contributed by atoms with Crippen LogP contribution in [0.25, 0.3) is 0 Å². The highest BCUT2D eigenvalue weighted by Crippen LogP contribution is 2.13. The van der Waals surface area contributed by atoms with Crippen molar-refractivity contribution in [1.82, 2.24) is 15.1 Å². The second-order valence-electron chi connectivity index (χ2n) is 5.74. The van der Waals surface area contributed by atoms with Crippen molar-refractivity contribution < 1.29 is 9.59 Å². The van der Waals surface area contributed by atoms with Gasteiger partial charge in [0.2, 0.25) is 5.91 Å². The van der Waals surface area contributed by atoms with Crippen LogP contribution >= 0.6 is 11.6 Å². The Labute approximate surface area is 142 Å². The van der Waals surface area contributed by atoms with E-state index in [1.807, 2.05) is 16.8 Å². The summed E-state index contributed by atoms with van der Waals surface area (Å²) < 4.78 is 0. The molecular formula is C17H24ClN3O2. The van der Waals surface area contributed by atoms with E-state index in [1.165, 1.54) is 0 Å². The Bertz CT molecular complexity index is 533. The molecule has 0 aliphatic carbocycles. The first-order valence-electron chi connectivity index (χ1n) is 8.09. The van der Waals surface area contributed by atoms with Crippen molar-refractivity contribution in [1.29, 1.82) is 0 Å². The number of carbonyl (C=O) groups excluding carboxylic acids is 2. The maximum Gasteiger partial charge on any atom is 0.253 e. The van der Waals surface area contributed by atoms with Crippen LogP contribution in [-0.2, 0) is 4.79 Å². The lowest BCUT2D eigenvalue weighted by Gasteiger charge is -2.22. The summed E-state index contributed by atoms with van der Waals surface area (Å²) in [6.45, 7) is 3.45. The molecule has 1 saturated heterocycles. The lowest BCUT2D eigenvalue weighted by atomic mass is 10.2. The van der Waals surface area contributed by atoms with Crippen LogP contribution in [0.5, 0.6) is 0 Å². The molecule has 23 heavy (non-hydrogen) atoms. The fourth-order valence-corrected chi connectivity index (χ4v) is 2.85. The third-order valence-corrected chi connectivity index (χ3v) is 4.30. The average molecular weight is 338 g/mol. The number of rotatable bonds is 5. The molecule has 1 aromatic rings. The van der Waals surface area contributed by atoms with Gasteiger partial charge in [-0.2, -0.15) is 0 Å². The molecular weight excluding hydrogens is 314 g/mol. The van der Waals surface area contributed by atoms with Gasteiger partial charge >= 0.3 is 0 Å². The summed E-state index contributed by atoms with van der Waals surface area (Å²) in [4.78, 5) is 28.4. The molecule has 2 rings (SSSR count). The van der Waals surface area contributed by atoms with Gasteiger partial charge in [0.25, 0.3) is 5.91 Å². The van der Waals surface area contributed by atoms with Crippen molar-refractivity contribution >= 4 is 23.4 Å². The number of benzene rings is 1. The Hall–Kier alpha value is -1.59. The zero-order valence-corrected chi connectivity index (χ0v) is 14.3. The Morgan fingerprint density at radius 3 is 2.43 bits per heavy atom. The Morgan fingerprint density at radius 1 is 1.09 bits per heavy atom. The zero-order valence-electron chi connectivity index (χ0n) is 13.6. The molecule has 1 aromatic carbocycles. The summed E-state index contributed by atoms with van der Waals surface area (Å²) in [6, 6.07) is 6.95. The maximum atomic E-state index is 12.5. The first kappa shape index (κ1) is 17.8. The summed E-state index contributed by atoms with van der Waals surface area (Å²) in [5.41, 5.74) is 0.642. The van der Waals surface area contributed by atoms with E-state index in [4.69, 9.17) is 11.6 Å². The number of nitrogens with one attached hydrogen (secondary N) is 1. The quantitative estimate of drug-likeness (QED) is 0.836. The molecule has 5 nitrogen and oxygen atoms in total. The highest BCUT2D eigenvalue weighted by molar-refractivity contribution is 6.30. The van der Waals surface area contributed by atoms with Gasteiger partial charge in [-0.15, -0.1) is 0 Å². The molecule has 2 amide bonds. The third-order valence-electron chi connectivity index (χ3n) is 4.04. The van der Waals surface area contributed by atoms with Gasteiger partial charge in [-0.05, 0) is 50.7 Å².